The molecule has 0 unspecified atom stereocenters. The van der Waals surface area contributed by atoms with Crippen LogP contribution in [-0.2, 0) is 0 Å². The molecule has 1 aromatic carbocycles. The second-order valence-corrected chi connectivity index (χ2v) is 5.93. The standard InChI is InChI=1S/C13H9BrN2O4S/c1-7-10(16(19)20)6-15-12(11(7)14)21-9-4-2-8(3-5-9)13(17)18/h2-6H,1H3,(H,17,18). The summed E-state index contributed by atoms with van der Waals surface area (Å²) >= 11 is 4.61. The first kappa shape index (κ1) is 15.5. The average Bonchev–Trinajstić information content (AvgIpc) is 2.44. The van der Waals surface area contributed by atoms with Crippen LogP contribution in [0.5, 0.6) is 0 Å². The Kier molecular flexibility index (Phi) is 4.59. The highest BCUT2D eigenvalue weighted by Crippen LogP contribution is 2.36. The van der Waals surface area contributed by atoms with Gasteiger partial charge in [0.1, 0.15) is 11.2 Å². The van der Waals surface area contributed by atoms with Gasteiger partial charge >= 0.3 is 5.97 Å². The Hall–Kier alpha value is -1.93. The van der Waals surface area contributed by atoms with Crippen LogP contribution < -0.4 is 0 Å². The third-order valence-electron chi connectivity index (χ3n) is 2.72. The summed E-state index contributed by atoms with van der Waals surface area (Å²) in [4.78, 5) is 26.0. The van der Waals surface area contributed by atoms with E-state index in [0.29, 0.717) is 15.1 Å². The molecule has 6 nitrogen and oxygen atoms in total. The van der Waals surface area contributed by atoms with Crippen molar-refractivity contribution in [2.75, 3.05) is 0 Å². The fourth-order valence-corrected chi connectivity index (χ4v) is 2.97. The van der Waals surface area contributed by atoms with Gasteiger partial charge in [0.2, 0.25) is 0 Å². The number of benzene rings is 1. The maximum absolute atomic E-state index is 10.8. The summed E-state index contributed by atoms with van der Waals surface area (Å²) in [6.07, 6.45) is 1.22. The number of nitrogens with zero attached hydrogens (tertiary/aromatic N) is 2. The van der Waals surface area contributed by atoms with E-state index in [0.717, 1.165) is 4.90 Å². The molecule has 21 heavy (non-hydrogen) atoms. The Morgan fingerprint density at radius 1 is 1.38 bits per heavy atom. The van der Waals surface area contributed by atoms with E-state index < -0.39 is 10.9 Å². The van der Waals surface area contributed by atoms with Crippen LogP contribution in [0.1, 0.15) is 15.9 Å². The minimum atomic E-state index is -0.989. The molecule has 0 saturated carbocycles. The van der Waals surface area contributed by atoms with Crippen LogP contribution in [0, 0.1) is 17.0 Å². The number of aromatic nitrogens is 1. The van der Waals surface area contributed by atoms with Crippen molar-refractivity contribution >= 4 is 39.3 Å². The summed E-state index contributed by atoms with van der Waals surface area (Å²) in [7, 11) is 0. The minimum Gasteiger partial charge on any atom is -0.478 e. The average molecular weight is 369 g/mol. The molecule has 2 aromatic rings. The van der Waals surface area contributed by atoms with Gasteiger partial charge in [-0.15, -0.1) is 0 Å². The Morgan fingerprint density at radius 2 is 2.00 bits per heavy atom. The second-order valence-electron chi connectivity index (χ2n) is 4.08. The van der Waals surface area contributed by atoms with E-state index in [1.54, 1.807) is 19.1 Å². The van der Waals surface area contributed by atoms with Crippen LogP contribution in [-0.4, -0.2) is 21.0 Å². The van der Waals surface area contributed by atoms with Crippen LogP contribution in [0.4, 0.5) is 5.69 Å². The molecule has 8 heteroatoms. The number of hydrogen-bond acceptors (Lipinski definition) is 5. The molecular weight excluding hydrogens is 360 g/mol. The lowest BCUT2D eigenvalue weighted by Gasteiger charge is -2.06. The normalized spacial score (nSPS) is 10.4. The van der Waals surface area contributed by atoms with Crippen molar-refractivity contribution in [3.05, 3.63) is 56.2 Å². The van der Waals surface area contributed by atoms with Crippen molar-refractivity contribution in [1.82, 2.24) is 4.98 Å². The zero-order valence-corrected chi connectivity index (χ0v) is 13.1. The van der Waals surface area contributed by atoms with Gasteiger partial charge in [-0.05, 0) is 47.1 Å². The van der Waals surface area contributed by atoms with Gasteiger partial charge in [0.05, 0.1) is 15.0 Å². The van der Waals surface area contributed by atoms with Crippen molar-refractivity contribution in [2.45, 2.75) is 16.8 Å². The largest absolute Gasteiger partial charge is 0.478 e. The number of carbonyl (C=O) groups is 1. The third-order valence-corrected chi connectivity index (χ3v) is 4.96. The minimum absolute atomic E-state index is 0.0487. The van der Waals surface area contributed by atoms with Gasteiger partial charge in [-0.1, -0.05) is 11.8 Å². The molecule has 0 spiro atoms. The molecule has 0 saturated heterocycles. The highest BCUT2D eigenvalue weighted by Gasteiger charge is 2.17. The number of rotatable bonds is 4. The molecule has 1 aromatic heterocycles. The Morgan fingerprint density at radius 3 is 2.52 bits per heavy atom. The number of pyridine rings is 1. The van der Waals surface area contributed by atoms with Crippen molar-refractivity contribution < 1.29 is 14.8 Å². The van der Waals surface area contributed by atoms with Crippen LogP contribution in [0.25, 0.3) is 0 Å². The topological polar surface area (TPSA) is 93.3 Å². The van der Waals surface area contributed by atoms with Gasteiger partial charge in [0.15, 0.2) is 0 Å². The third kappa shape index (κ3) is 3.40. The van der Waals surface area contributed by atoms with Crippen molar-refractivity contribution in [3.8, 4) is 0 Å². The van der Waals surface area contributed by atoms with Crippen LogP contribution >= 0.6 is 27.7 Å². The van der Waals surface area contributed by atoms with E-state index >= 15 is 0 Å². The SMILES string of the molecule is Cc1c([N+](=O)[O-])cnc(Sc2ccc(C(=O)O)cc2)c1Br. The van der Waals surface area contributed by atoms with Gasteiger partial charge in [-0.25, -0.2) is 9.78 Å². The molecule has 0 radical (unpaired) electrons. The van der Waals surface area contributed by atoms with E-state index in [2.05, 4.69) is 20.9 Å². The maximum atomic E-state index is 10.8. The summed E-state index contributed by atoms with van der Waals surface area (Å²) in [5.41, 5.74) is 0.651. The highest BCUT2D eigenvalue weighted by atomic mass is 79.9. The zero-order valence-electron chi connectivity index (χ0n) is 10.7. The Labute approximate surface area is 132 Å². The molecule has 2 rings (SSSR count). The van der Waals surface area contributed by atoms with E-state index in [1.165, 1.54) is 30.1 Å². The fraction of sp³-hybridized carbons (Fsp3) is 0.0769. The van der Waals surface area contributed by atoms with Crippen LogP contribution in [0.2, 0.25) is 0 Å². The molecule has 0 atom stereocenters. The molecule has 1 N–H and O–H groups in total. The summed E-state index contributed by atoms with van der Waals surface area (Å²) in [5.74, 6) is -0.989. The quantitative estimate of drug-likeness (QED) is 0.649. The van der Waals surface area contributed by atoms with E-state index in [9.17, 15) is 14.9 Å². The molecule has 0 aliphatic heterocycles. The van der Waals surface area contributed by atoms with Crippen molar-refractivity contribution in [3.63, 3.8) is 0 Å². The second kappa shape index (κ2) is 6.23. The predicted octanol–water partition coefficient (Wildman–Crippen LogP) is 3.91. The fourth-order valence-electron chi connectivity index (χ4n) is 1.58. The molecule has 0 fully saturated rings. The van der Waals surface area contributed by atoms with Gasteiger partial charge in [0, 0.05) is 10.5 Å². The molecule has 0 bridgehead atoms. The van der Waals surface area contributed by atoms with Gasteiger partial charge in [-0.3, -0.25) is 10.1 Å². The van der Waals surface area contributed by atoms with E-state index in [-0.39, 0.29) is 11.3 Å². The van der Waals surface area contributed by atoms with Gasteiger partial charge in [0.25, 0.3) is 5.69 Å². The summed E-state index contributed by atoms with van der Waals surface area (Å²) < 4.78 is 0.559. The monoisotopic (exact) mass is 368 g/mol. The zero-order chi connectivity index (χ0) is 15.6. The highest BCUT2D eigenvalue weighted by molar-refractivity contribution is 9.10. The Bertz CT molecular complexity index is 719. The molecule has 108 valence electrons. The summed E-state index contributed by atoms with van der Waals surface area (Å²) in [6.45, 7) is 1.64. The number of aromatic carboxylic acids is 1. The first-order chi connectivity index (χ1) is 9.90. The maximum Gasteiger partial charge on any atom is 0.335 e. The van der Waals surface area contributed by atoms with Crippen molar-refractivity contribution in [1.29, 1.82) is 0 Å². The number of hydrogen-bond donors (Lipinski definition) is 1. The molecular formula is C13H9BrN2O4S. The number of carboxylic acid groups (broad SMARTS) is 1. The number of nitro groups is 1. The lowest BCUT2D eigenvalue weighted by atomic mass is 10.2. The smallest absolute Gasteiger partial charge is 0.335 e. The van der Waals surface area contributed by atoms with Gasteiger partial charge in [-0.2, -0.15) is 0 Å². The molecule has 0 amide bonds. The first-order valence-corrected chi connectivity index (χ1v) is 7.32. The molecule has 0 aliphatic rings. The summed E-state index contributed by atoms with van der Waals surface area (Å²) in [5, 5.41) is 20.2. The molecule has 0 aliphatic carbocycles. The lowest BCUT2D eigenvalue weighted by molar-refractivity contribution is -0.385. The lowest BCUT2D eigenvalue weighted by Crippen LogP contribution is -1.96. The first-order valence-electron chi connectivity index (χ1n) is 5.71. The van der Waals surface area contributed by atoms with Gasteiger partial charge < -0.3 is 5.11 Å². The van der Waals surface area contributed by atoms with Crippen LogP contribution in [0.15, 0.2) is 44.9 Å². The van der Waals surface area contributed by atoms with Crippen LogP contribution in [0.3, 0.4) is 0 Å². The van der Waals surface area contributed by atoms with E-state index in [1.807, 2.05) is 0 Å². The predicted molar refractivity (Wildman–Crippen MR) is 80.9 cm³/mol. The number of halogens is 1. The Balaban J connectivity index is 2.29. The van der Waals surface area contributed by atoms with E-state index in [4.69, 9.17) is 5.11 Å². The number of carboxylic acids is 1. The van der Waals surface area contributed by atoms with Crippen molar-refractivity contribution in [2.24, 2.45) is 0 Å². The molecule has 1 heterocycles. The summed E-state index contributed by atoms with van der Waals surface area (Å²) in [6, 6.07) is 6.33.